The van der Waals surface area contributed by atoms with Crippen molar-refractivity contribution in [2.24, 2.45) is 0 Å². The minimum Gasteiger partial charge on any atom is -0.308 e. The van der Waals surface area contributed by atoms with Crippen molar-refractivity contribution in [2.45, 2.75) is 25.7 Å². The van der Waals surface area contributed by atoms with Crippen LogP contribution in [0.15, 0.2) is 85.1 Å². The Balaban J connectivity index is 1.26. The maximum atomic E-state index is 4.81. The molecule has 3 heterocycles. The number of hydrogen-bond acceptors (Lipinski definition) is 2. The molecule has 2 aliphatic carbocycles. The van der Waals surface area contributed by atoms with E-state index in [1.54, 1.807) is 0 Å². The molecule has 5 aromatic rings. The lowest BCUT2D eigenvalue weighted by Crippen LogP contribution is -2.25. The van der Waals surface area contributed by atoms with Crippen molar-refractivity contribution < 1.29 is 0 Å². The van der Waals surface area contributed by atoms with Crippen LogP contribution < -0.4 is 4.90 Å². The first kappa shape index (κ1) is 18.2. The SMILES string of the molecule is c1ccc2c(c1)Cc1c-2ccc2c1Cc1cc3c(cc1-2)N1c2ccccc2Cc2nccc(c21)C3. The van der Waals surface area contributed by atoms with Crippen LogP contribution in [0.5, 0.6) is 0 Å². The zero-order valence-electron chi connectivity index (χ0n) is 19.3. The van der Waals surface area contributed by atoms with Crippen LogP contribution in [0.25, 0.3) is 22.3 Å². The van der Waals surface area contributed by atoms with E-state index in [1.165, 1.54) is 84.0 Å². The Bertz CT molecular complexity index is 1760. The van der Waals surface area contributed by atoms with Crippen molar-refractivity contribution in [3.63, 3.8) is 0 Å². The molecule has 2 aliphatic heterocycles. The number of hydrogen-bond donors (Lipinski definition) is 0. The van der Waals surface area contributed by atoms with Gasteiger partial charge in [0.1, 0.15) is 0 Å². The summed E-state index contributed by atoms with van der Waals surface area (Å²) in [5.41, 5.74) is 21.0. The van der Waals surface area contributed by atoms with E-state index < -0.39 is 0 Å². The molecule has 2 heteroatoms. The van der Waals surface area contributed by atoms with E-state index >= 15 is 0 Å². The number of pyridine rings is 1. The number of para-hydroxylation sites is 1. The molecule has 164 valence electrons. The highest BCUT2D eigenvalue weighted by atomic mass is 15.2. The van der Waals surface area contributed by atoms with Gasteiger partial charge >= 0.3 is 0 Å². The summed E-state index contributed by atoms with van der Waals surface area (Å²) in [6.07, 6.45) is 5.98. The van der Waals surface area contributed by atoms with Gasteiger partial charge in [-0.2, -0.15) is 0 Å². The molecule has 0 saturated heterocycles. The third-order valence-electron chi connectivity index (χ3n) is 8.59. The molecule has 9 rings (SSSR count). The van der Waals surface area contributed by atoms with E-state index in [-0.39, 0.29) is 0 Å². The Hall–Kier alpha value is -4.17. The van der Waals surface area contributed by atoms with Crippen LogP contribution in [-0.2, 0) is 25.7 Å². The second-order valence-electron chi connectivity index (χ2n) is 10.3. The number of rotatable bonds is 0. The number of nitrogens with zero attached hydrogens (tertiary/aromatic N) is 2. The lowest BCUT2D eigenvalue weighted by atomic mass is 9.87. The molecule has 0 atom stereocenters. The van der Waals surface area contributed by atoms with Crippen molar-refractivity contribution in [1.82, 2.24) is 4.98 Å². The first-order valence-corrected chi connectivity index (χ1v) is 12.6. The summed E-state index contributed by atoms with van der Waals surface area (Å²) in [6, 6.07) is 29.7. The number of benzene rings is 4. The second kappa shape index (κ2) is 6.28. The van der Waals surface area contributed by atoms with Crippen LogP contribution in [0.1, 0.15) is 44.6 Å². The average Bonchev–Trinajstić information content (AvgIpc) is 3.45. The smallest absolute Gasteiger partial charge is 0.0716 e. The van der Waals surface area contributed by atoms with Crippen LogP contribution in [0.4, 0.5) is 17.1 Å². The molecule has 0 fully saturated rings. The topological polar surface area (TPSA) is 16.1 Å². The van der Waals surface area contributed by atoms with Crippen LogP contribution in [-0.4, -0.2) is 4.98 Å². The van der Waals surface area contributed by atoms with Gasteiger partial charge in [0, 0.05) is 24.7 Å². The van der Waals surface area contributed by atoms with Crippen LogP contribution in [0, 0.1) is 0 Å². The maximum absolute atomic E-state index is 4.81. The van der Waals surface area contributed by atoms with E-state index in [2.05, 4.69) is 83.8 Å². The molecule has 0 saturated carbocycles. The fourth-order valence-corrected chi connectivity index (χ4v) is 7.07. The molecule has 0 radical (unpaired) electrons. The average molecular weight is 447 g/mol. The summed E-state index contributed by atoms with van der Waals surface area (Å²) < 4.78 is 0. The molecule has 1 aromatic heterocycles. The first-order valence-electron chi connectivity index (χ1n) is 12.6. The van der Waals surface area contributed by atoms with Gasteiger partial charge in [-0.1, -0.05) is 60.7 Å². The van der Waals surface area contributed by atoms with E-state index in [1.807, 2.05) is 6.20 Å². The van der Waals surface area contributed by atoms with Gasteiger partial charge < -0.3 is 4.90 Å². The lowest BCUT2D eigenvalue weighted by molar-refractivity contribution is 0.959. The molecule has 0 amide bonds. The normalized spacial score (nSPS) is 14.9. The van der Waals surface area contributed by atoms with Crippen LogP contribution >= 0.6 is 0 Å². The minimum atomic E-state index is 0.908. The van der Waals surface area contributed by atoms with E-state index in [0.717, 1.165) is 25.7 Å². The lowest BCUT2D eigenvalue weighted by Gasteiger charge is -2.39. The summed E-state index contributed by atoms with van der Waals surface area (Å²) in [5.74, 6) is 0. The predicted octanol–water partition coefficient (Wildman–Crippen LogP) is 7.50. The van der Waals surface area contributed by atoms with E-state index in [4.69, 9.17) is 4.98 Å². The Labute approximate surface area is 204 Å². The standard InChI is InChI=1S/C33H22N2/c1-3-7-24-19(5-1)15-28-25(24)9-10-26-27-18-32-23(14-22(27)16-29(26)28)13-21-11-12-34-30-17-20-6-2-4-8-31(20)35(32)33(21)30/h1-12,14,18H,13,15-17H2. The molecule has 0 spiro atoms. The highest BCUT2D eigenvalue weighted by molar-refractivity contribution is 5.93. The van der Waals surface area contributed by atoms with Crippen LogP contribution in [0.3, 0.4) is 0 Å². The fraction of sp³-hybridized carbons (Fsp3) is 0.121. The third-order valence-corrected chi connectivity index (χ3v) is 8.59. The third kappa shape index (κ3) is 2.27. The summed E-state index contributed by atoms with van der Waals surface area (Å²) in [7, 11) is 0. The molecule has 0 bridgehead atoms. The monoisotopic (exact) mass is 446 g/mol. The highest BCUT2D eigenvalue weighted by Crippen LogP contribution is 2.53. The van der Waals surface area contributed by atoms with Gasteiger partial charge in [0.25, 0.3) is 0 Å². The largest absolute Gasteiger partial charge is 0.308 e. The summed E-state index contributed by atoms with van der Waals surface area (Å²) in [6.45, 7) is 0. The minimum absolute atomic E-state index is 0.908. The highest BCUT2D eigenvalue weighted by Gasteiger charge is 2.35. The Kier molecular flexibility index (Phi) is 3.27. The van der Waals surface area contributed by atoms with Gasteiger partial charge in [-0.3, -0.25) is 4.98 Å². The van der Waals surface area contributed by atoms with Gasteiger partial charge in [-0.25, -0.2) is 0 Å². The zero-order valence-corrected chi connectivity index (χ0v) is 19.3. The molecule has 35 heavy (non-hydrogen) atoms. The molecule has 2 nitrogen and oxygen atoms in total. The number of fused-ring (bicyclic) bond motifs is 11. The predicted molar refractivity (Wildman–Crippen MR) is 141 cm³/mol. The molecular weight excluding hydrogens is 424 g/mol. The number of aromatic nitrogens is 1. The van der Waals surface area contributed by atoms with Gasteiger partial charge in [0.2, 0.25) is 0 Å². The zero-order chi connectivity index (χ0) is 22.7. The fourth-order valence-electron chi connectivity index (χ4n) is 7.07. The first-order chi connectivity index (χ1) is 17.3. The Morgan fingerprint density at radius 2 is 1.29 bits per heavy atom. The van der Waals surface area contributed by atoms with Crippen molar-refractivity contribution in [1.29, 1.82) is 0 Å². The van der Waals surface area contributed by atoms with Crippen LogP contribution in [0.2, 0.25) is 0 Å². The number of anilines is 3. The van der Waals surface area contributed by atoms with Gasteiger partial charge in [0.05, 0.1) is 17.1 Å². The second-order valence-corrected chi connectivity index (χ2v) is 10.3. The molecule has 4 aromatic carbocycles. The van der Waals surface area contributed by atoms with E-state index in [9.17, 15) is 0 Å². The Morgan fingerprint density at radius 3 is 2.20 bits per heavy atom. The van der Waals surface area contributed by atoms with Gasteiger partial charge in [-0.15, -0.1) is 0 Å². The molecule has 0 unspecified atom stereocenters. The Morgan fingerprint density at radius 1 is 0.514 bits per heavy atom. The van der Waals surface area contributed by atoms with Gasteiger partial charge in [-0.05, 0) is 92.2 Å². The van der Waals surface area contributed by atoms with Gasteiger partial charge in [0.15, 0.2) is 0 Å². The maximum Gasteiger partial charge on any atom is 0.0716 e. The van der Waals surface area contributed by atoms with Crippen molar-refractivity contribution in [2.75, 3.05) is 4.90 Å². The molecule has 0 N–H and O–H groups in total. The van der Waals surface area contributed by atoms with Crippen molar-refractivity contribution in [3.05, 3.63) is 130 Å². The van der Waals surface area contributed by atoms with E-state index in [0.29, 0.717) is 0 Å². The summed E-state index contributed by atoms with van der Waals surface area (Å²) in [5, 5.41) is 0. The molecular formula is C33H22N2. The van der Waals surface area contributed by atoms with Crippen molar-refractivity contribution in [3.8, 4) is 22.3 Å². The molecule has 4 aliphatic rings. The van der Waals surface area contributed by atoms with Crippen molar-refractivity contribution >= 4 is 17.1 Å². The quantitative estimate of drug-likeness (QED) is 0.240. The summed E-state index contributed by atoms with van der Waals surface area (Å²) >= 11 is 0. The summed E-state index contributed by atoms with van der Waals surface area (Å²) in [4.78, 5) is 7.31.